The predicted molar refractivity (Wildman–Crippen MR) is 117 cm³/mol. The molecule has 0 radical (unpaired) electrons. The fourth-order valence-electron chi connectivity index (χ4n) is 2.40. The van der Waals surface area contributed by atoms with E-state index in [-0.39, 0.29) is 12.3 Å². The van der Waals surface area contributed by atoms with Gasteiger partial charge in [0.15, 0.2) is 6.61 Å². The van der Waals surface area contributed by atoms with Gasteiger partial charge in [-0.1, -0.05) is 11.6 Å². The molecular weight excluding hydrogens is 438 g/mol. The maximum Gasteiger partial charge on any atom is 0.343 e. The van der Waals surface area contributed by atoms with Gasteiger partial charge in [-0.05, 0) is 66.2 Å². The molecule has 0 aliphatic carbocycles. The van der Waals surface area contributed by atoms with Crippen LogP contribution in [0.2, 0.25) is 5.02 Å². The van der Waals surface area contributed by atoms with Crippen molar-refractivity contribution in [3.05, 3.63) is 99.1 Å². The molecule has 0 aliphatic heterocycles. The summed E-state index contributed by atoms with van der Waals surface area (Å²) >= 11 is 5.80. The van der Waals surface area contributed by atoms with Crippen molar-refractivity contribution in [1.29, 1.82) is 0 Å². The van der Waals surface area contributed by atoms with Gasteiger partial charge in [0.25, 0.3) is 11.6 Å². The third kappa shape index (κ3) is 6.64. The van der Waals surface area contributed by atoms with E-state index in [1.165, 1.54) is 30.5 Å². The Morgan fingerprint density at radius 3 is 2.22 bits per heavy atom. The van der Waals surface area contributed by atoms with Gasteiger partial charge in [-0.3, -0.25) is 14.9 Å². The summed E-state index contributed by atoms with van der Waals surface area (Å²) in [6, 6.07) is 18.2. The molecule has 0 aliphatic rings. The second kappa shape index (κ2) is 10.7. The molecule has 1 N–H and O–H groups in total. The number of nitro groups is 1. The van der Waals surface area contributed by atoms with Crippen molar-refractivity contribution in [2.45, 2.75) is 0 Å². The first-order chi connectivity index (χ1) is 15.4. The fraction of sp³-hybridized carbons (Fsp3) is 0.0455. The molecule has 0 aromatic heterocycles. The van der Waals surface area contributed by atoms with Gasteiger partial charge in [0.1, 0.15) is 11.5 Å². The highest BCUT2D eigenvalue weighted by Gasteiger charge is 2.08. The lowest BCUT2D eigenvalue weighted by molar-refractivity contribution is -0.384. The van der Waals surface area contributed by atoms with Crippen molar-refractivity contribution in [2.75, 3.05) is 6.61 Å². The molecule has 0 saturated carbocycles. The Hall–Kier alpha value is -4.24. The first-order valence-electron chi connectivity index (χ1n) is 9.18. The van der Waals surface area contributed by atoms with E-state index in [9.17, 15) is 19.7 Å². The number of nitro benzene ring substituents is 1. The maximum atomic E-state index is 12.1. The van der Waals surface area contributed by atoms with Crippen molar-refractivity contribution >= 4 is 35.4 Å². The molecule has 10 heteroatoms. The van der Waals surface area contributed by atoms with Crippen LogP contribution in [0, 0.1) is 10.1 Å². The van der Waals surface area contributed by atoms with Crippen LogP contribution in [0.3, 0.4) is 0 Å². The molecule has 3 aromatic carbocycles. The monoisotopic (exact) mass is 453 g/mol. The van der Waals surface area contributed by atoms with E-state index in [1.54, 1.807) is 48.5 Å². The van der Waals surface area contributed by atoms with Gasteiger partial charge in [-0.15, -0.1) is 0 Å². The maximum absolute atomic E-state index is 12.1. The van der Waals surface area contributed by atoms with Crippen LogP contribution in [0.1, 0.15) is 15.9 Å². The third-order valence-electron chi connectivity index (χ3n) is 3.99. The molecule has 162 valence electrons. The smallest absolute Gasteiger partial charge is 0.343 e. The van der Waals surface area contributed by atoms with Crippen LogP contribution in [-0.2, 0) is 4.79 Å². The topological polar surface area (TPSA) is 120 Å². The largest absolute Gasteiger partial charge is 0.484 e. The number of rotatable bonds is 8. The molecule has 32 heavy (non-hydrogen) atoms. The standard InChI is InChI=1S/C22H16ClN3O6/c23-17-5-3-16(4-6-17)22(28)32-20-9-1-15(2-10-20)13-24-25-21(27)14-31-19-11-7-18(8-12-19)26(29)30/h1-13H,14H2,(H,25,27)/b24-13-. The van der Waals surface area contributed by atoms with Crippen LogP contribution < -0.4 is 14.9 Å². The summed E-state index contributed by atoms with van der Waals surface area (Å²) in [6.45, 7) is -0.311. The number of amides is 1. The zero-order valence-corrected chi connectivity index (χ0v) is 17.2. The molecule has 3 aromatic rings. The molecule has 1 amide bonds. The van der Waals surface area contributed by atoms with E-state index in [4.69, 9.17) is 21.1 Å². The highest BCUT2D eigenvalue weighted by atomic mass is 35.5. The lowest BCUT2D eigenvalue weighted by Gasteiger charge is -2.05. The van der Waals surface area contributed by atoms with E-state index >= 15 is 0 Å². The molecule has 0 spiro atoms. The van der Waals surface area contributed by atoms with E-state index in [1.807, 2.05) is 0 Å². The summed E-state index contributed by atoms with van der Waals surface area (Å²) in [6.07, 6.45) is 1.41. The van der Waals surface area contributed by atoms with E-state index in [0.717, 1.165) is 0 Å². The van der Waals surface area contributed by atoms with Gasteiger partial charge in [0.05, 0.1) is 16.7 Å². The number of hydrogen-bond donors (Lipinski definition) is 1. The normalized spacial score (nSPS) is 10.5. The van der Waals surface area contributed by atoms with Crippen LogP contribution in [0.4, 0.5) is 5.69 Å². The zero-order valence-electron chi connectivity index (χ0n) is 16.4. The average molecular weight is 454 g/mol. The summed E-state index contributed by atoms with van der Waals surface area (Å²) in [4.78, 5) is 34.0. The number of benzene rings is 3. The van der Waals surface area contributed by atoms with Gasteiger partial charge >= 0.3 is 5.97 Å². The summed E-state index contributed by atoms with van der Waals surface area (Å²) in [5.41, 5.74) is 3.27. The summed E-state index contributed by atoms with van der Waals surface area (Å²) in [7, 11) is 0. The Bertz CT molecular complexity index is 1130. The van der Waals surface area contributed by atoms with E-state index in [0.29, 0.717) is 27.6 Å². The quantitative estimate of drug-likeness (QED) is 0.181. The SMILES string of the molecule is O=C(COc1ccc([N+](=O)[O-])cc1)N/N=C\c1ccc(OC(=O)c2ccc(Cl)cc2)cc1. The zero-order chi connectivity index (χ0) is 22.9. The van der Waals surface area contributed by atoms with Crippen LogP contribution in [0.5, 0.6) is 11.5 Å². The molecule has 0 saturated heterocycles. The van der Waals surface area contributed by atoms with Crippen LogP contribution >= 0.6 is 11.6 Å². The molecule has 0 heterocycles. The van der Waals surface area contributed by atoms with Gasteiger partial charge in [-0.2, -0.15) is 5.10 Å². The molecule has 9 nitrogen and oxygen atoms in total. The second-order valence-corrected chi connectivity index (χ2v) is 6.73. The Kier molecular flexibility index (Phi) is 7.50. The van der Waals surface area contributed by atoms with Crippen LogP contribution in [0.25, 0.3) is 0 Å². The van der Waals surface area contributed by atoms with Crippen molar-refractivity contribution in [3.63, 3.8) is 0 Å². The Morgan fingerprint density at radius 1 is 0.969 bits per heavy atom. The van der Waals surface area contributed by atoms with Gasteiger partial charge < -0.3 is 9.47 Å². The van der Waals surface area contributed by atoms with Crippen molar-refractivity contribution in [2.24, 2.45) is 5.10 Å². The van der Waals surface area contributed by atoms with Gasteiger partial charge in [-0.25, -0.2) is 10.2 Å². The van der Waals surface area contributed by atoms with Crippen molar-refractivity contribution in [3.8, 4) is 11.5 Å². The number of ether oxygens (including phenoxy) is 2. The second-order valence-electron chi connectivity index (χ2n) is 6.30. The first-order valence-corrected chi connectivity index (χ1v) is 9.55. The lowest BCUT2D eigenvalue weighted by atomic mass is 10.2. The lowest BCUT2D eigenvalue weighted by Crippen LogP contribution is -2.24. The van der Waals surface area contributed by atoms with Crippen molar-refractivity contribution < 1.29 is 24.0 Å². The Labute approximate surface area is 187 Å². The number of hydrogen-bond acceptors (Lipinski definition) is 7. The molecule has 0 bridgehead atoms. The number of non-ortho nitro benzene ring substituents is 1. The molecule has 0 unspecified atom stereocenters. The number of halogens is 1. The summed E-state index contributed by atoms with van der Waals surface area (Å²) in [5, 5.41) is 15.0. The van der Waals surface area contributed by atoms with E-state index < -0.39 is 16.8 Å². The highest BCUT2D eigenvalue weighted by molar-refractivity contribution is 6.30. The molecule has 3 rings (SSSR count). The number of hydrazone groups is 1. The predicted octanol–water partition coefficient (Wildman–Crippen LogP) is 4.00. The van der Waals surface area contributed by atoms with Gasteiger partial charge in [0, 0.05) is 17.2 Å². The molecule has 0 atom stereocenters. The first kappa shape index (κ1) is 22.4. The minimum absolute atomic E-state index is 0.0721. The Balaban J connectivity index is 1.44. The summed E-state index contributed by atoms with van der Waals surface area (Å²) < 4.78 is 10.5. The molecular formula is C22H16ClN3O6. The van der Waals surface area contributed by atoms with Crippen LogP contribution in [0.15, 0.2) is 77.9 Å². The van der Waals surface area contributed by atoms with Crippen molar-refractivity contribution in [1.82, 2.24) is 5.43 Å². The number of esters is 1. The Morgan fingerprint density at radius 2 is 1.59 bits per heavy atom. The van der Waals surface area contributed by atoms with Gasteiger partial charge in [0.2, 0.25) is 0 Å². The number of carbonyl (C=O) groups excluding carboxylic acids is 2. The summed E-state index contributed by atoms with van der Waals surface area (Å²) in [5.74, 6) is -0.349. The molecule has 0 fully saturated rings. The minimum atomic E-state index is -0.526. The minimum Gasteiger partial charge on any atom is -0.484 e. The third-order valence-corrected chi connectivity index (χ3v) is 4.24. The van der Waals surface area contributed by atoms with E-state index in [2.05, 4.69) is 10.5 Å². The number of nitrogens with one attached hydrogen (secondary N) is 1. The fourth-order valence-corrected chi connectivity index (χ4v) is 2.52. The highest BCUT2D eigenvalue weighted by Crippen LogP contribution is 2.17. The van der Waals surface area contributed by atoms with Crippen LogP contribution in [-0.4, -0.2) is 29.6 Å². The average Bonchev–Trinajstić information content (AvgIpc) is 2.79. The number of carbonyl (C=O) groups is 2. The number of nitrogens with zero attached hydrogens (tertiary/aromatic N) is 2.